The van der Waals surface area contributed by atoms with E-state index in [2.05, 4.69) is 91.2 Å². The normalized spacial score (nSPS) is 32.0. The second-order valence-electron chi connectivity index (χ2n) is 18.9. The van der Waals surface area contributed by atoms with Gasteiger partial charge in [0, 0.05) is 6.42 Å². The van der Waals surface area contributed by atoms with Crippen molar-refractivity contribution in [2.45, 2.75) is 221 Å². The Balaban J connectivity index is 1.51. The summed E-state index contributed by atoms with van der Waals surface area (Å²) in [5.41, 5.74) is 0. The predicted molar refractivity (Wildman–Crippen MR) is 281 cm³/mol. The molecule has 3 saturated heterocycles. The first-order valence-electron chi connectivity index (χ1n) is 27.0. The summed E-state index contributed by atoms with van der Waals surface area (Å²) in [7, 11) is 0. The molecule has 12 N–H and O–H groups in total. The number of aliphatic hydroxyl groups excluding tert-OH is 11. The third kappa shape index (κ3) is 24.1. The Morgan fingerprint density at radius 1 is 0.507 bits per heavy atom. The molecular formula is C56H91NO18. The number of carbonyl (C=O) groups is 1. The van der Waals surface area contributed by atoms with E-state index >= 15 is 0 Å². The maximum absolute atomic E-state index is 13.2. The predicted octanol–water partition coefficient (Wildman–Crippen LogP) is 3.03. The summed E-state index contributed by atoms with van der Waals surface area (Å²) in [6.07, 6.45) is 20.1. The van der Waals surface area contributed by atoms with E-state index in [1.165, 1.54) is 0 Å². The highest BCUT2D eigenvalue weighted by Gasteiger charge is 2.53. The topological polar surface area (TPSA) is 307 Å². The molecule has 0 bridgehead atoms. The summed E-state index contributed by atoms with van der Waals surface area (Å²) in [6, 6.07) is -1.01. The van der Waals surface area contributed by atoms with Crippen molar-refractivity contribution in [1.29, 1.82) is 0 Å². The summed E-state index contributed by atoms with van der Waals surface area (Å²) >= 11 is 0. The zero-order valence-corrected chi connectivity index (χ0v) is 44.0. The van der Waals surface area contributed by atoms with Gasteiger partial charge in [-0.15, -0.1) is 0 Å². The first-order chi connectivity index (χ1) is 36.3. The van der Waals surface area contributed by atoms with Gasteiger partial charge in [0.25, 0.3) is 0 Å². The lowest BCUT2D eigenvalue weighted by Gasteiger charge is -2.48. The largest absolute Gasteiger partial charge is 0.394 e. The van der Waals surface area contributed by atoms with Crippen LogP contribution in [0.1, 0.15) is 117 Å². The van der Waals surface area contributed by atoms with Gasteiger partial charge in [-0.2, -0.15) is 0 Å². The van der Waals surface area contributed by atoms with Crippen LogP contribution in [0.4, 0.5) is 0 Å². The van der Waals surface area contributed by atoms with Gasteiger partial charge in [0.1, 0.15) is 73.2 Å². The number of nitrogens with one attached hydrogen (secondary N) is 1. The molecule has 19 heteroatoms. The molecular weight excluding hydrogens is 975 g/mol. The standard InChI is InChI=1S/C56H91NO18/c1-3-5-7-9-11-13-14-15-16-17-18-19-20-21-22-23-24-26-28-30-32-34-44(62)57-39(40(61)33-31-29-27-25-12-10-8-6-4-2)38-70-54-50(68)47(65)52(42(36-59)72-54)75-56-51(69)48(66)53(43(37-60)73-56)74-55-49(67)46(64)45(63)41(35-58)71-55/h4-7,11-13,15-16,18-19,21-22,25,31,33,39-43,45-56,58-61,63-69H,3,8-10,14,17,20,23-24,26-30,32,34-38H2,1-2H3,(H,57,62)/b6-4+,7-5-,13-11-,16-15-,19-18-,22-21-,25-12+,33-31+. The number of rotatable bonds is 36. The first kappa shape index (κ1) is 66.0. The van der Waals surface area contributed by atoms with Crippen LogP contribution in [-0.4, -0.2) is 193 Å². The van der Waals surface area contributed by atoms with Gasteiger partial charge in [0.15, 0.2) is 18.9 Å². The average Bonchev–Trinajstić information content (AvgIpc) is 3.41. The van der Waals surface area contributed by atoms with Crippen LogP contribution in [0.3, 0.4) is 0 Å². The number of allylic oxidation sites excluding steroid dienone is 15. The third-order valence-corrected chi connectivity index (χ3v) is 12.9. The van der Waals surface area contributed by atoms with E-state index in [9.17, 15) is 61.0 Å². The minimum Gasteiger partial charge on any atom is -0.394 e. The summed E-state index contributed by atoms with van der Waals surface area (Å²) in [4.78, 5) is 13.2. The second-order valence-corrected chi connectivity index (χ2v) is 18.9. The fraction of sp³-hybridized carbons (Fsp3) is 0.696. The minimum atomic E-state index is -1.99. The van der Waals surface area contributed by atoms with Crippen LogP contribution in [0.5, 0.6) is 0 Å². The molecule has 19 nitrogen and oxygen atoms in total. The molecule has 1 amide bonds. The van der Waals surface area contributed by atoms with E-state index in [0.29, 0.717) is 12.8 Å². The molecule has 17 unspecified atom stereocenters. The zero-order chi connectivity index (χ0) is 54.8. The Kier molecular flexibility index (Phi) is 34.4. The van der Waals surface area contributed by atoms with Crippen molar-refractivity contribution in [1.82, 2.24) is 5.32 Å². The monoisotopic (exact) mass is 1070 g/mol. The zero-order valence-electron chi connectivity index (χ0n) is 44.0. The van der Waals surface area contributed by atoms with Crippen LogP contribution < -0.4 is 5.32 Å². The molecule has 428 valence electrons. The number of ether oxygens (including phenoxy) is 6. The van der Waals surface area contributed by atoms with Crippen molar-refractivity contribution in [2.24, 2.45) is 0 Å². The lowest BCUT2D eigenvalue weighted by Crippen LogP contribution is -2.66. The van der Waals surface area contributed by atoms with Crippen molar-refractivity contribution in [3.8, 4) is 0 Å². The van der Waals surface area contributed by atoms with Crippen molar-refractivity contribution in [3.63, 3.8) is 0 Å². The molecule has 3 aliphatic heterocycles. The molecule has 0 saturated carbocycles. The van der Waals surface area contributed by atoms with Crippen LogP contribution in [0, 0.1) is 0 Å². The molecule has 0 aromatic rings. The molecule has 3 fully saturated rings. The van der Waals surface area contributed by atoms with Crippen LogP contribution in [0.25, 0.3) is 0 Å². The van der Waals surface area contributed by atoms with E-state index in [1.807, 2.05) is 13.0 Å². The van der Waals surface area contributed by atoms with Gasteiger partial charge >= 0.3 is 0 Å². The summed E-state index contributed by atoms with van der Waals surface area (Å²) in [5.74, 6) is -0.319. The van der Waals surface area contributed by atoms with Crippen molar-refractivity contribution >= 4 is 5.91 Å². The average molecular weight is 1070 g/mol. The van der Waals surface area contributed by atoms with Gasteiger partial charge in [-0.25, -0.2) is 0 Å². The quantitative estimate of drug-likeness (QED) is 0.0317. The Morgan fingerprint density at radius 3 is 1.49 bits per heavy atom. The number of amides is 1. The lowest BCUT2D eigenvalue weighted by molar-refractivity contribution is -0.379. The molecule has 17 atom stereocenters. The van der Waals surface area contributed by atoms with Crippen LogP contribution in [-0.2, 0) is 33.2 Å². The number of aliphatic hydroxyl groups is 11. The van der Waals surface area contributed by atoms with Gasteiger partial charge in [-0.3, -0.25) is 4.79 Å². The molecule has 0 aromatic carbocycles. The van der Waals surface area contributed by atoms with Crippen LogP contribution in [0.15, 0.2) is 97.2 Å². The third-order valence-electron chi connectivity index (χ3n) is 12.9. The van der Waals surface area contributed by atoms with Crippen molar-refractivity contribution < 1.29 is 89.4 Å². The van der Waals surface area contributed by atoms with Gasteiger partial charge in [0.05, 0.1) is 38.6 Å². The van der Waals surface area contributed by atoms with Crippen molar-refractivity contribution in [3.05, 3.63) is 97.2 Å². The summed E-state index contributed by atoms with van der Waals surface area (Å²) in [5, 5.41) is 120. The smallest absolute Gasteiger partial charge is 0.220 e. The maximum Gasteiger partial charge on any atom is 0.220 e. The number of unbranched alkanes of at least 4 members (excludes halogenated alkanes) is 7. The highest BCUT2D eigenvalue weighted by atomic mass is 16.8. The highest BCUT2D eigenvalue weighted by molar-refractivity contribution is 5.76. The lowest BCUT2D eigenvalue weighted by atomic mass is 9.96. The van der Waals surface area contributed by atoms with Gasteiger partial charge in [-0.05, 0) is 84.0 Å². The van der Waals surface area contributed by atoms with Crippen molar-refractivity contribution in [2.75, 3.05) is 26.4 Å². The fourth-order valence-corrected chi connectivity index (χ4v) is 8.49. The molecule has 75 heavy (non-hydrogen) atoms. The first-order valence-corrected chi connectivity index (χ1v) is 27.0. The maximum atomic E-state index is 13.2. The number of hydrogen-bond donors (Lipinski definition) is 12. The molecule has 3 heterocycles. The van der Waals surface area contributed by atoms with E-state index in [4.69, 9.17) is 28.4 Å². The highest BCUT2D eigenvalue weighted by Crippen LogP contribution is 2.33. The van der Waals surface area contributed by atoms with Crippen LogP contribution >= 0.6 is 0 Å². The SMILES string of the molecule is C/C=C/CC/C=C/CC/C=C/C(O)C(COC1OC(CO)C(OC2OC(CO)C(OC3OC(CO)C(O)C(O)C3O)C(O)C2O)C(O)C1O)NC(=O)CCCCCCC/C=C\C/C=C\C/C=C\C/C=C\C/C=C\CC. The molecule has 0 aromatic heterocycles. The summed E-state index contributed by atoms with van der Waals surface area (Å²) < 4.78 is 34.0. The number of hydrogen-bond acceptors (Lipinski definition) is 18. The van der Waals surface area contributed by atoms with Gasteiger partial charge in [0.2, 0.25) is 5.91 Å². The molecule has 0 aliphatic carbocycles. The van der Waals surface area contributed by atoms with Gasteiger partial charge < -0.3 is 89.9 Å². The molecule has 0 spiro atoms. The Labute approximate surface area is 443 Å². The Bertz CT molecular complexity index is 1750. The van der Waals surface area contributed by atoms with E-state index < -0.39 is 124 Å². The van der Waals surface area contributed by atoms with Gasteiger partial charge in [-0.1, -0.05) is 123 Å². The molecule has 3 rings (SSSR count). The van der Waals surface area contributed by atoms with Crippen LogP contribution in [0.2, 0.25) is 0 Å². The summed E-state index contributed by atoms with van der Waals surface area (Å²) in [6.45, 7) is 1.27. The Morgan fingerprint density at radius 2 is 0.947 bits per heavy atom. The van der Waals surface area contributed by atoms with E-state index in [0.717, 1.165) is 83.5 Å². The van der Waals surface area contributed by atoms with E-state index in [-0.39, 0.29) is 18.9 Å². The number of carbonyl (C=O) groups excluding carboxylic acids is 1. The Hall–Kier alpha value is -3.29. The molecule has 0 radical (unpaired) electrons. The second kappa shape index (κ2) is 39.1. The fourth-order valence-electron chi connectivity index (χ4n) is 8.49. The minimum absolute atomic E-state index is 0.203. The van der Waals surface area contributed by atoms with E-state index in [1.54, 1.807) is 12.2 Å². The molecule has 3 aliphatic rings.